The molecule has 0 aliphatic heterocycles. The molecule has 1 aromatic carbocycles. The molecule has 1 amide bonds. The van der Waals surface area contributed by atoms with Crippen LogP contribution in [0.4, 0.5) is 13.2 Å². The topological polar surface area (TPSA) is 66.4 Å². The summed E-state index contributed by atoms with van der Waals surface area (Å²) >= 11 is 5.63. The Morgan fingerprint density at radius 3 is 2.52 bits per heavy atom. The van der Waals surface area contributed by atoms with E-state index in [0.29, 0.717) is 0 Å². The molecule has 1 unspecified atom stereocenters. The average molecular weight is 350 g/mol. The molecule has 1 aliphatic carbocycles. The number of halogens is 4. The molecule has 1 aliphatic rings. The zero-order chi connectivity index (χ0) is 17.4. The minimum absolute atomic E-state index is 0.0225. The summed E-state index contributed by atoms with van der Waals surface area (Å²) in [6.07, 6.45) is -1.60. The summed E-state index contributed by atoms with van der Waals surface area (Å²) in [6.45, 7) is 1.35. The Balaban J connectivity index is 2.09. The third-order valence-corrected chi connectivity index (χ3v) is 4.20. The maximum Gasteiger partial charge on any atom is 0.326 e. The van der Waals surface area contributed by atoms with Crippen molar-refractivity contribution in [2.75, 3.05) is 0 Å². The molecule has 126 valence electrons. The first-order chi connectivity index (χ1) is 10.5. The SMILES string of the molecule is CC1(C(=O)NC(Cc2cccc(Cl)c2F)C(=O)O)CC(F)(F)C1. The molecule has 23 heavy (non-hydrogen) atoms. The van der Waals surface area contributed by atoms with E-state index in [4.69, 9.17) is 11.6 Å². The van der Waals surface area contributed by atoms with Gasteiger partial charge in [0.1, 0.15) is 11.9 Å². The second-order valence-electron chi connectivity index (χ2n) is 6.05. The molecule has 0 radical (unpaired) electrons. The second kappa shape index (κ2) is 6.03. The molecule has 4 nitrogen and oxygen atoms in total. The van der Waals surface area contributed by atoms with Crippen LogP contribution in [0.5, 0.6) is 0 Å². The van der Waals surface area contributed by atoms with Crippen LogP contribution >= 0.6 is 11.6 Å². The predicted octanol–water partition coefficient (Wildman–Crippen LogP) is 3.03. The second-order valence-corrected chi connectivity index (χ2v) is 6.46. The summed E-state index contributed by atoms with van der Waals surface area (Å²) in [5.41, 5.74) is -1.29. The molecule has 1 aromatic rings. The molecular formula is C15H15ClF3NO3. The molecule has 0 heterocycles. The Morgan fingerprint density at radius 2 is 2.00 bits per heavy atom. The van der Waals surface area contributed by atoms with Gasteiger partial charge in [-0.3, -0.25) is 4.79 Å². The zero-order valence-electron chi connectivity index (χ0n) is 12.2. The fourth-order valence-corrected chi connectivity index (χ4v) is 2.90. The number of carbonyl (C=O) groups is 2. The quantitative estimate of drug-likeness (QED) is 0.858. The lowest BCUT2D eigenvalue weighted by atomic mass is 9.67. The molecular weight excluding hydrogens is 335 g/mol. The Kier molecular flexibility index (Phi) is 4.61. The monoisotopic (exact) mass is 349 g/mol. The van der Waals surface area contributed by atoms with Gasteiger partial charge in [0.2, 0.25) is 11.8 Å². The van der Waals surface area contributed by atoms with Crippen molar-refractivity contribution >= 4 is 23.5 Å². The van der Waals surface area contributed by atoms with Gasteiger partial charge in [-0.2, -0.15) is 0 Å². The van der Waals surface area contributed by atoms with Gasteiger partial charge < -0.3 is 10.4 Å². The number of amides is 1. The van der Waals surface area contributed by atoms with Gasteiger partial charge in [-0.25, -0.2) is 18.0 Å². The summed E-state index contributed by atoms with van der Waals surface area (Å²) in [4.78, 5) is 23.3. The lowest BCUT2D eigenvalue weighted by molar-refractivity contribution is -0.175. The Bertz CT molecular complexity index is 643. The highest BCUT2D eigenvalue weighted by atomic mass is 35.5. The first-order valence-electron chi connectivity index (χ1n) is 6.89. The molecule has 2 N–H and O–H groups in total. The maximum atomic E-state index is 13.8. The number of aliphatic carboxylic acids is 1. The van der Waals surface area contributed by atoms with Crippen molar-refractivity contribution in [2.45, 2.75) is 38.2 Å². The van der Waals surface area contributed by atoms with E-state index in [1.165, 1.54) is 25.1 Å². The molecule has 0 aromatic heterocycles. The number of rotatable bonds is 5. The molecule has 2 rings (SSSR count). The number of alkyl halides is 2. The van der Waals surface area contributed by atoms with Crippen LogP contribution in [-0.4, -0.2) is 28.9 Å². The van der Waals surface area contributed by atoms with Crippen LogP contribution in [0.15, 0.2) is 18.2 Å². The summed E-state index contributed by atoms with van der Waals surface area (Å²) in [5.74, 6) is -5.84. The number of carboxylic acids is 1. The summed E-state index contributed by atoms with van der Waals surface area (Å²) < 4.78 is 39.8. The normalized spacial score (nSPS) is 19.5. The minimum atomic E-state index is -2.91. The Labute approximate surface area is 135 Å². The number of carbonyl (C=O) groups excluding carboxylic acids is 1. The first kappa shape index (κ1) is 17.6. The fourth-order valence-electron chi connectivity index (χ4n) is 2.71. The van der Waals surface area contributed by atoms with E-state index >= 15 is 0 Å². The molecule has 1 fully saturated rings. The van der Waals surface area contributed by atoms with Gasteiger partial charge >= 0.3 is 5.97 Å². The van der Waals surface area contributed by atoms with E-state index in [0.717, 1.165) is 0 Å². The molecule has 0 saturated heterocycles. The minimum Gasteiger partial charge on any atom is -0.480 e. The molecule has 0 bridgehead atoms. The number of hydrogen-bond donors (Lipinski definition) is 2. The highest BCUT2D eigenvalue weighted by Crippen LogP contribution is 2.51. The van der Waals surface area contributed by atoms with Crippen LogP contribution < -0.4 is 5.32 Å². The lowest BCUT2D eigenvalue weighted by Crippen LogP contribution is -2.56. The number of hydrogen-bond acceptors (Lipinski definition) is 2. The van der Waals surface area contributed by atoms with Crippen molar-refractivity contribution in [3.63, 3.8) is 0 Å². The highest BCUT2D eigenvalue weighted by Gasteiger charge is 2.58. The van der Waals surface area contributed by atoms with Crippen molar-refractivity contribution in [1.29, 1.82) is 0 Å². The summed E-state index contributed by atoms with van der Waals surface area (Å²) in [7, 11) is 0. The highest BCUT2D eigenvalue weighted by molar-refractivity contribution is 6.30. The maximum absolute atomic E-state index is 13.8. The van der Waals surface area contributed by atoms with E-state index in [1.54, 1.807) is 0 Å². The van der Waals surface area contributed by atoms with E-state index in [1.807, 2.05) is 0 Å². The van der Waals surface area contributed by atoms with Crippen LogP contribution in [0.25, 0.3) is 0 Å². The van der Waals surface area contributed by atoms with Gasteiger partial charge in [0.15, 0.2) is 0 Å². The Morgan fingerprint density at radius 1 is 1.39 bits per heavy atom. The van der Waals surface area contributed by atoms with E-state index < -0.39 is 47.9 Å². The van der Waals surface area contributed by atoms with Gasteiger partial charge in [0, 0.05) is 19.3 Å². The standard InChI is InChI=1S/C15H15ClF3NO3/c1-14(6-15(18,19)7-14)13(23)20-10(12(21)22)5-8-3-2-4-9(16)11(8)17/h2-4,10H,5-7H2,1H3,(H,20,23)(H,21,22). The van der Waals surface area contributed by atoms with Crippen molar-refractivity contribution in [3.8, 4) is 0 Å². The smallest absolute Gasteiger partial charge is 0.326 e. The van der Waals surface area contributed by atoms with Crippen molar-refractivity contribution in [1.82, 2.24) is 5.32 Å². The van der Waals surface area contributed by atoms with Gasteiger partial charge in [-0.15, -0.1) is 0 Å². The van der Waals surface area contributed by atoms with Gasteiger partial charge in [-0.1, -0.05) is 30.7 Å². The third kappa shape index (κ3) is 3.77. The lowest BCUT2D eigenvalue weighted by Gasteiger charge is -2.43. The predicted molar refractivity (Wildman–Crippen MR) is 77.0 cm³/mol. The van der Waals surface area contributed by atoms with Crippen LogP contribution in [0.2, 0.25) is 5.02 Å². The first-order valence-corrected chi connectivity index (χ1v) is 7.26. The Hall–Kier alpha value is -1.76. The van der Waals surface area contributed by atoms with Crippen LogP contribution in [0.3, 0.4) is 0 Å². The van der Waals surface area contributed by atoms with E-state index in [2.05, 4.69) is 5.32 Å². The largest absolute Gasteiger partial charge is 0.480 e. The number of benzene rings is 1. The van der Waals surface area contributed by atoms with E-state index in [9.17, 15) is 27.9 Å². The van der Waals surface area contributed by atoms with Crippen LogP contribution in [0.1, 0.15) is 25.3 Å². The van der Waals surface area contributed by atoms with Crippen molar-refractivity contribution < 1.29 is 27.9 Å². The van der Waals surface area contributed by atoms with Crippen LogP contribution in [0, 0.1) is 11.2 Å². The number of carboxylic acid groups (broad SMARTS) is 1. The molecule has 1 saturated carbocycles. The third-order valence-electron chi connectivity index (χ3n) is 3.90. The molecule has 0 spiro atoms. The van der Waals surface area contributed by atoms with Crippen LogP contribution in [-0.2, 0) is 16.0 Å². The molecule has 8 heteroatoms. The average Bonchev–Trinajstić information content (AvgIpc) is 2.40. The molecule has 1 atom stereocenters. The summed E-state index contributed by atoms with van der Waals surface area (Å²) in [5, 5.41) is 11.2. The fraction of sp³-hybridized carbons (Fsp3) is 0.467. The van der Waals surface area contributed by atoms with Gasteiger partial charge in [0.05, 0.1) is 10.4 Å². The van der Waals surface area contributed by atoms with Crippen molar-refractivity contribution in [2.24, 2.45) is 5.41 Å². The van der Waals surface area contributed by atoms with Gasteiger partial charge in [0.25, 0.3) is 0 Å². The summed E-state index contributed by atoms with van der Waals surface area (Å²) in [6, 6.07) is 2.69. The van der Waals surface area contributed by atoms with E-state index in [-0.39, 0.29) is 17.0 Å². The van der Waals surface area contributed by atoms with Gasteiger partial charge in [-0.05, 0) is 11.6 Å². The number of nitrogens with one attached hydrogen (secondary N) is 1. The zero-order valence-corrected chi connectivity index (χ0v) is 13.0. The van der Waals surface area contributed by atoms with Crippen molar-refractivity contribution in [3.05, 3.63) is 34.6 Å².